The van der Waals surface area contributed by atoms with E-state index in [1.165, 1.54) is 0 Å². The third-order valence-corrected chi connectivity index (χ3v) is 3.80. The van der Waals surface area contributed by atoms with Crippen LogP contribution in [0.2, 0.25) is 0 Å². The Kier molecular flexibility index (Phi) is 5.83. The van der Waals surface area contributed by atoms with Crippen LogP contribution in [0.3, 0.4) is 0 Å². The van der Waals surface area contributed by atoms with Gasteiger partial charge in [0.15, 0.2) is 0 Å². The number of carbonyl (C=O) groups excluding carboxylic acids is 1. The summed E-state index contributed by atoms with van der Waals surface area (Å²) in [6.45, 7) is 6.08. The van der Waals surface area contributed by atoms with Gasteiger partial charge in [-0.1, -0.05) is 19.4 Å². The summed E-state index contributed by atoms with van der Waals surface area (Å²) in [5.74, 6) is 0. The largest absolute Gasteiger partial charge is 0.395 e. The van der Waals surface area contributed by atoms with Gasteiger partial charge in [0.1, 0.15) is 0 Å². The molecule has 2 rings (SSSR count). The lowest BCUT2D eigenvalue weighted by molar-refractivity contribution is 0.187. The number of amides is 2. The Morgan fingerprint density at radius 3 is 2.77 bits per heavy atom. The lowest BCUT2D eigenvalue weighted by Crippen LogP contribution is -2.37. The maximum absolute atomic E-state index is 12.3. The van der Waals surface area contributed by atoms with E-state index in [0.29, 0.717) is 13.1 Å². The predicted octanol–water partition coefficient (Wildman–Crippen LogP) is 3.29. The van der Waals surface area contributed by atoms with Crippen molar-refractivity contribution in [2.24, 2.45) is 0 Å². The zero-order valence-corrected chi connectivity index (χ0v) is 13.4. The summed E-state index contributed by atoms with van der Waals surface area (Å²) in [7, 11) is 0. The van der Waals surface area contributed by atoms with Crippen molar-refractivity contribution in [3.8, 4) is 0 Å². The monoisotopic (exact) mass is 303 g/mol. The molecule has 0 fully saturated rings. The number of carbonyl (C=O) groups is 1. The number of aliphatic hydroxyl groups excluding tert-OH is 1. The highest BCUT2D eigenvalue weighted by Crippen LogP contribution is 2.20. The Morgan fingerprint density at radius 2 is 2.09 bits per heavy atom. The fraction of sp³-hybridized carbons (Fsp3) is 0.471. The molecule has 120 valence electrons. The van der Waals surface area contributed by atoms with Gasteiger partial charge in [0, 0.05) is 31.5 Å². The molecule has 2 amide bonds. The van der Waals surface area contributed by atoms with E-state index in [4.69, 9.17) is 5.11 Å². The molecule has 0 bridgehead atoms. The average Bonchev–Trinajstić information content (AvgIpc) is 2.93. The Hall–Kier alpha value is -2.01. The van der Waals surface area contributed by atoms with E-state index in [1.54, 1.807) is 4.90 Å². The second kappa shape index (κ2) is 7.84. The van der Waals surface area contributed by atoms with Crippen LogP contribution in [0.5, 0.6) is 0 Å². The van der Waals surface area contributed by atoms with E-state index in [1.807, 2.05) is 18.2 Å². The summed E-state index contributed by atoms with van der Waals surface area (Å²) in [6, 6.07) is 7.84. The number of unbranched alkanes of at least 4 members (excludes halogenated alkanes) is 1. The maximum Gasteiger partial charge on any atom is 0.321 e. The molecular weight excluding hydrogens is 278 g/mol. The van der Waals surface area contributed by atoms with E-state index in [9.17, 15) is 4.79 Å². The van der Waals surface area contributed by atoms with E-state index >= 15 is 0 Å². The highest BCUT2D eigenvalue weighted by Gasteiger charge is 2.13. The van der Waals surface area contributed by atoms with Crippen molar-refractivity contribution in [1.82, 2.24) is 9.47 Å². The number of aliphatic hydroxyl groups is 1. The summed E-state index contributed by atoms with van der Waals surface area (Å²) >= 11 is 0. The molecule has 1 aromatic heterocycles. The van der Waals surface area contributed by atoms with Crippen LogP contribution in [0, 0.1) is 0 Å². The third-order valence-electron chi connectivity index (χ3n) is 3.80. The van der Waals surface area contributed by atoms with Crippen molar-refractivity contribution >= 4 is 22.6 Å². The van der Waals surface area contributed by atoms with Gasteiger partial charge in [-0.25, -0.2) is 4.79 Å². The van der Waals surface area contributed by atoms with E-state index in [0.717, 1.165) is 36.0 Å². The zero-order valence-electron chi connectivity index (χ0n) is 13.4. The molecule has 0 aliphatic heterocycles. The quantitative estimate of drug-likeness (QED) is 0.824. The molecule has 5 heteroatoms. The Bertz CT molecular complexity index is 621. The Labute approximate surface area is 131 Å². The minimum Gasteiger partial charge on any atom is -0.395 e. The zero-order chi connectivity index (χ0) is 15.9. The molecule has 0 aliphatic rings. The van der Waals surface area contributed by atoms with Crippen molar-refractivity contribution in [3.05, 3.63) is 30.5 Å². The maximum atomic E-state index is 12.3. The number of hydrogen-bond donors (Lipinski definition) is 2. The molecule has 22 heavy (non-hydrogen) atoms. The number of benzene rings is 1. The second-order valence-corrected chi connectivity index (χ2v) is 5.37. The summed E-state index contributed by atoms with van der Waals surface area (Å²) in [4.78, 5) is 14.0. The summed E-state index contributed by atoms with van der Waals surface area (Å²) in [5, 5.41) is 13.2. The lowest BCUT2D eigenvalue weighted by atomic mass is 10.2. The van der Waals surface area contributed by atoms with Gasteiger partial charge in [0.25, 0.3) is 0 Å². The molecular formula is C17H25N3O2. The van der Waals surface area contributed by atoms with Gasteiger partial charge in [0.2, 0.25) is 0 Å². The van der Waals surface area contributed by atoms with Crippen molar-refractivity contribution in [1.29, 1.82) is 0 Å². The van der Waals surface area contributed by atoms with Crippen LogP contribution < -0.4 is 5.32 Å². The van der Waals surface area contributed by atoms with E-state index < -0.39 is 0 Å². The van der Waals surface area contributed by atoms with Crippen LogP contribution in [0.25, 0.3) is 10.9 Å². The molecule has 0 saturated heterocycles. The highest BCUT2D eigenvalue weighted by molar-refractivity contribution is 5.92. The smallest absolute Gasteiger partial charge is 0.321 e. The minimum absolute atomic E-state index is 0.0190. The molecule has 2 N–H and O–H groups in total. The van der Waals surface area contributed by atoms with Crippen LogP contribution in [0.15, 0.2) is 30.5 Å². The molecule has 2 aromatic rings. The van der Waals surface area contributed by atoms with Crippen LogP contribution >= 0.6 is 0 Å². The molecule has 0 atom stereocenters. The van der Waals surface area contributed by atoms with Gasteiger partial charge in [-0.15, -0.1) is 0 Å². The summed E-state index contributed by atoms with van der Waals surface area (Å²) in [6.07, 6.45) is 4.01. The van der Waals surface area contributed by atoms with Gasteiger partial charge >= 0.3 is 6.03 Å². The van der Waals surface area contributed by atoms with Gasteiger partial charge in [0.05, 0.1) is 12.1 Å². The SMILES string of the molecule is CCCCN(CCO)C(=O)Nc1ccc2ccn(CC)c2c1. The van der Waals surface area contributed by atoms with Gasteiger partial charge in [-0.05, 0) is 36.9 Å². The number of aromatic nitrogens is 1. The summed E-state index contributed by atoms with van der Waals surface area (Å²) < 4.78 is 2.15. The fourth-order valence-corrected chi connectivity index (χ4v) is 2.52. The number of fused-ring (bicyclic) bond motifs is 1. The van der Waals surface area contributed by atoms with Crippen molar-refractivity contribution < 1.29 is 9.90 Å². The molecule has 1 aromatic carbocycles. The number of hydrogen-bond acceptors (Lipinski definition) is 2. The van der Waals surface area contributed by atoms with Crippen LogP contribution in [0.1, 0.15) is 26.7 Å². The standard InChI is InChI=1S/C17H25N3O2/c1-3-5-9-20(11-12-21)17(22)18-15-7-6-14-8-10-19(4-2)16(14)13-15/h6-8,10,13,21H,3-5,9,11-12H2,1-2H3,(H,18,22). The molecule has 0 radical (unpaired) electrons. The fourth-order valence-electron chi connectivity index (χ4n) is 2.52. The van der Waals surface area contributed by atoms with Crippen molar-refractivity contribution in [2.75, 3.05) is 25.0 Å². The van der Waals surface area contributed by atoms with Crippen LogP contribution in [-0.2, 0) is 6.54 Å². The van der Waals surface area contributed by atoms with E-state index in [2.05, 4.69) is 36.0 Å². The molecule has 0 aliphatic carbocycles. The van der Waals surface area contributed by atoms with Gasteiger partial charge in [-0.2, -0.15) is 0 Å². The molecule has 1 heterocycles. The first-order valence-corrected chi connectivity index (χ1v) is 7.95. The van der Waals surface area contributed by atoms with Crippen LogP contribution in [-0.4, -0.2) is 40.3 Å². The molecule has 0 saturated carbocycles. The number of nitrogens with one attached hydrogen (secondary N) is 1. The van der Waals surface area contributed by atoms with Crippen molar-refractivity contribution in [2.45, 2.75) is 33.2 Å². The predicted molar refractivity (Wildman–Crippen MR) is 90.2 cm³/mol. The number of aryl methyl sites for hydroxylation is 1. The summed E-state index contributed by atoms with van der Waals surface area (Å²) in [5.41, 5.74) is 1.90. The number of rotatable bonds is 7. The normalized spacial score (nSPS) is 10.9. The highest BCUT2D eigenvalue weighted by atomic mass is 16.3. The second-order valence-electron chi connectivity index (χ2n) is 5.37. The molecule has 0 unspecified atom stereocenters. The lowest BCUT2D eigenvalue weighted by Gasteiger charge is -2.22. The number of anilines is 1. The number of nitrogens with zero attached hydrogens (tertiary/aromatic N) is 2. The topological polar surface area (TPSA) is 57.5 Å². The van der Waals surface area contributed by atoms with Crippen LogP contribution in [0.4, 0.5) is 10.5 Å². The first-order valence-electron chi connectivity index (χ1n) is 7.95. The average molecular weight is 303 g/mol. The Balaban J connectivity index is 2.12. The molecule has 5 nitrogen and oxygen atoms in total. The van der Waals surface area contributed by atoms with Gasteiger partial charge in [-0.3, -0.25) is 0 Å². The van der Waals surface area contributed by atoms with Crippen molar-refractivity contribution in [3.63, 3.8) is 0 Å². The number of urea groups is 1. The minimum atomic E-state index is -0.156. The Morgan fingerprint density at radius 1 is 1.27 bits per heavy atom. The third kappa shape index (κ3) is 3.80. The van der Waals surface area contributed by atoms with E-state index in [-0.39, 0.29) is 12.6 Å². The first kappa shape index (κ1) is 16.4. The first-order chi connectivity index (χ1) is 10.7. The molecule has 0 spiro atoms. The van der Waals surface area contributed by atoms with Gasteiger partial charge < -0.3 is 19.9 Å².